The maximum Gasteiger partial charge on any atom is 0.355 e. The number of hydrogen-bond donors (Lipinski definition) is 2. The van der Waals surface area contributed by atoms with E-state index in [1.807, 2.05) is 30.3 Å². The smallest absolute Gasteiger partial charge is 0.355 e. The number of rotatable bonds is 5. The van der Waals surface area contributed by atoms with Gasteiger partial charge in [0.2, 0.25) is 0 Å². The van der Waals surface area contributed by atoms with E-state index in [0.29, 0.717) is 5.69 Å². The van der Waals surface area contributed by atoms with Gasteiger partial charge in [-0.25, -0.2) is 9.59 Å². The lowest BCUT2D eigenvalue weighted by Gasteiger charge is -2.04. The molecule has 124 valence electrons. The summed E-state index contributed by atoms with van der Waals surface area (Å²) >= 11 is 0. The number of carbonyl (C=O) groups is 2. The molecule has 0 aliphatic rings. The van der Waals surface area contributed by atoms with Crippen molar-refractivity contribution >= 4 is 30.0 Å². The summed E-state index contributed by atoms with van der Waals surface area (Å²) in [4.78, 5) is 27.1. The van der Waals surface area contributed by atoms with Crippen LogP contribution >= 0.6 is 12.4 Å². The Morgan fingerprint density at radius 3 is 2.17 bits per heavy atom. The highest BCUT2D eigenvalue weighted by Gasteiger charge is 2.28. The fourth-order valence-electron chi connectivity index (χ4n) is 2.12. The maximum atomic E-state index is 12.1. The molecule has 0 atom stereocenters. The average molecular weight is 339 g/mol. The first-order valence-electron chi connectivity index (χ1n) is 7.01. The van der Waals surface area contributed by atoms with Gasteiger partial charge in [0.25, 0.3) is 0 Å². The van der Waals surface area contributed by atoms with Crippen molar-refractivity contribution in [1.82, 2.24) is 4.98 Å². The summed E-state index contributed by atoms with van der Waals surface area (Å²) in [5.74, 6) is -1.29. The zero-order valence-corrected chi connectivity index (χ0v) is 13.7. The molecule has 3 N–H and O–H groups in total. The van der Waals surface area contributed by atoms with Crippen LogP contribution in [-0.2, 0) is 9.47 Å². The van der Waals surface area contributed by atoms with Crippen molar-refractivity contribution in [2.45, 2.75) is 13.8 Å². The van der Waals surface area contributed by atoms with Crippen molar-refractivity contribution in [1.29, 1.82) is 0 Å². The topological polar surface area (TPSA) is 94.4 Å². The lowest BCUT2D eigenvalue weighted by atomic mass is 10.1. The zero-order chi connectivity index (χ0) is 16.1. The summed E-state index contributed by atoms with van der Waals surface area (Å²) in [6, 6.07) is 9.19. The van der Waals surface area contributed by atoms with Crippen LogP contribution in [0.15, 0.2) is 30.3 Å². The van der Waals surface area contributed by atoms with Gasteiger partial charge in [-0.15, -0.1) is 12.4 Å². The monoisotopic (exact) mass is 338 g/mol. The van der Waals surface area contributed by atoms with E-state index in [1.165, 1.54) is 0 Å². The van der Waals surface area contributed by atoms with Crippen molar-refractivity contribution in [2.24, 2.45) is 0 Å². The number of aromatic amines is 1. The molecule has 0 fully saturated rings. The summed E-state index contributed by atoms with van der Waals surface area (Å²) in [5.41, 5.74) is 7.52. The van der Waals surface area contributed by atoms with E-state index < -0.39 is 11.9 Å². The molecule has 0 saturated heterocycles. The van der Waals surface area contributed by atoms with Gasteiger partial charge in [0.15, 0.2) is 0 Å². The fourth-order valence-corrected chi connectivity index (χ4v) is 2.12. The quantitative estimate of drug-likeness (QED) is 0.817. The first-order chi connectivity index (χ1) is 10.6. The molecular formula is C16H19ClN2O4. The Labute approximate surface area is 140 Å². The Morgan fingerprint density at radius 1 is 1.04 bits per heavy atom. The third-order valence-corrected chi connectivity index (χ3v) is 3.06. The van der Waals surface area contributed by atoms with Crippen molar-refractivity contribution in [2.75, 3.05) is 18.9 Å². The Balaban J connectivity index is 0.00000264. The first kappa shape index (κ1) is 18.6. The molecule has 6 nitrogen and oxygen atoms in total. The van der Waals surface area contributed by atoms with Gasteiger partial charge in [-0.05, 0) is 13.8 Å². The van der Waals surface area contributed by atoms with Gasteiger partial charge < -0.3 is 20.2 Å². The summed E-state index contributed by atoms with van der Waals surface area (Å²) in [6.45, 7) is 3.75. The molecule has 0 bridgehead atoms. The minimum atomic E-state index is -0.651. The molecule has 0 amide bonds. The van der Waals surface area contributed by atoms with E-state index >= 15 is 0 Å². The predicted octanol–water partition coefficient (Wildman–Crippen LogP) is 3.04. The molecule has 2 rings (SSSR count). The predicted molar refractivity (Wildman–Crippen MR) is 89.8 cm³/mol. The van der Waals surface area contributed by atoms with E-state index in [9.17, 15) is 9.59 Å². The molecule has 1 aromatic carbocycles. The maximum absolute atomic E-state index is 12.1. The number of ether oxygens (including phenoxy) is 2. The lowest BCUT2D eigenvalue weighted by molar-refractivity contribution is 0.0476. The molecule has 23 heavy (non-hydrogen) atoms. The summed E-state index contributed by atoms with van der Waals surface area (Å²) in [5, 5.41) is 0. The number of carbonyl (C=O) groups excluding carboxylic acids is 2. The van der Waals surface area contributed by atoms with Gasteiger partial charge in [-0.1, -0.05) is 30.3 Å². The molecule has 0 spiro atoms. The van der Waals surface area contributed by atoms with Crippen LogP contribution in [-0.4, -0.2) is 30.1 Å². The van der Waals surface area contributed by atoms with Crippen molar-refractivity contribution in [3.63, 3.8) is 0 Å². The van der Waals surface area contributed by atoms with Crippen LogP contribution in [0.5, 0.6) is 0 Å². The van der Waals surface area contributed by atoms with E-state index in [-0.39, 0.29) is 42.6 Å². The molecule has 0 aliphatic heterocycles. The Hall–Kier alpha value is -2.47. The van der Waals surface area contributed by atoms with Crippen molar-refractivity contribution < 1.29 is 19.1 Å². The van der Waals surface area contributed by atoms with Crippen molar-refractivity contribution in [3.05, 3.63) is 41.6 Å². The number of halogens is 1. The number of aromatic nitrogens is 1. The highest BCUT2D eigenvalue weighted by molar-refractivity contribution is 6.09. The minimum absolute atomic E-state index is 0. The van der Waals surface area contributed by atoms with Gasteiger partial charge in [-0.2, -0.15) is 0 Å². The van der Waals surface area contributed by atoms with Crippen LogP contribution in [0.2, 0.25) is 0 Å². The second-order valence-corrected chi connectivity index (χ2v) is 4.47. The number of hydrogen-bond acceptors (Lipinski definition) is 5. The van der Waals surface area contributed by atoms with Crippen molar-refractivity contribution in [3.8, 4) is 11.3 Å². The zero-order valence-electron chi connectivity index (χ0n) is 12.9. The second kappa shape index (κ2) is 8.24. The van der Waals surface area contributed by atoms with Gasteiger partial charge in [0, 0.05) is 5.56 Å². The number of nitrogens with one attached hydrogen (secondary N) is 1. The number of H-pyrrole nitrogens is 1. The highest BCUT2D eigenvalue weighted by atomic mass is 35.5. The van der Waals surface area contributed by atoms with Crippen LogP contribution in [0.25, 0.3) is 11.3 Å². The Morgan fingerprint density at radius 2 is 1.61 bits per heavy atom. The standard InChI is InChI=1S/C16H18N2O4.ClH/c1-3-21-15(19)11-12(17)13(10-8-6-5-7-9-10)18-14(11)16(20)22-4-2;/h5-9,18H,3-4,17H2,1-2H3;1H. The van der Waals surface area contributed by atoms with Gasteiger partial charge in [-0.3, -0.25) is 0 Å². The molecule has 1 aromatic heterocycles. The average Bonchev–Trinajstić information content (AvgIpc) is 2.86. The van der Waals surface area contributed by atoms with E-state index in [4.69, 9.17) is 15.2 Å². The third kappa shape index (κ3) is 3.84. The second-order valence-electron chi connectivity index (χ2n) is 4.47. The molecule has 0 unspecified atom stereocenters. The van der Waals surface area contributed by atoms with Crippen LogP contribution in [0.3, 0.4) is 0 Å². The molecule has 0 radical (unpaired) electrons. The number of benzene rings is 1. The molecular weight excluding hydrogens is 320 g/mol. The summed E-state index contributed by atoms with van der Waals surface area (Å²) in [6.07, 6.45) is 0. The molecule has 0 saturated carbocycles. The minimum Gasteiger partial charge on any atom is -0.462 e. The van der Waals surface area contributed by atoms with Crippen LogP contribution in [0.1, 0.15) is 34.7 Å². The third-order valence-electron chi connectivity index (χ3n) is 3.06. The number of nitrogen functional groups attached to an aromatic ring is 1. The normalized spacial score (nSPS) is 9.83. The molecule has 0 aliphatic carbocycles. The van der Waals surface area contributed by atoms with E-state index in [1.54, 1.807) is 13.8 Å². The lowest BCUT2D eigenvalue weighted by Crippen LogP contribution is -2.14. The first-order valence-corrected chi connectivity index (χ1v) is 7.01. The van der Waals surface area contributed by atoms with E-state index in [2.05, 4.69) is 4.98 Å². The van der Waals surface area contributed by atoms with Crippen LogP contribution in [0, 0.1) is 0 Å². The SMILES string of the molecule is CCOC(=O)c1[nH]c(-c2ccccc2)c(N)c1C(=O)OCC.Cl. The van der Waals surface area contributed by atoms with Crippen LogP contribution < -0.4 is 5.73 Å². The fraction of sp³-hybridized carbons (Fsp3) is 0.250. The Bertz CT molecular complexity index is 683. The molecule has 2 aromatic rings. The highest BCUT2D eigenvalue weighted by Crippen LogP contribution is 2.31. The molecule has 1 heterocycles. The summed E-state index contributed by atoms with van der Waals surface area (Å²) < 4.78 is 9.95. The van der Waals surface area contributed by atoms with Crippen LogP contribution in [0.4, 0.5) is 5.69 Å². The number of esters is 2. The largest absolute Gasteiger partial charge is 0.462 e. The van der Waals surface area contributed by atoms with Gasteiger partial charge in [0.05, 0.1) is 24.6 Å². The summed E-state index contributed by atoms with van der Waals surface area (Å²) in [7, 11) is 0. The number of nitrogens with two attached hydrogens (primary N) is 1. The number of anilines is 1. The molecule has 7 heteroatoms. The van der Waals surface area contributed by atoms with Gasteiger partial charge >= 0.3 is 11.9 Å². The van der Waals surface area contributed by atoms with Gasteiger partial charge in [0.1, 0.15) is 11.3 Å². The Kier molecular flexibility index (Phi) is 6.65. The van der Waals surface area contributed by atoms with E-state index in [0.717, 1.165) is 5.56 Å².